The van der Waals surface area contributed by atoms with E-state index in [0.717, 1.165) is 22.3 Å². The van der Waals surface area contributed by atoms with E-state index in [0.29, 0.717) is 0 Å². The molecule has 2 aromatic heterocycles. The van der Waals surface area contributed by atoms with E-state index in [1.165, 1.54) is 11.3 Å². The van der Waals surface area contributed by atoms with Crippen molar-refractivity contribution in [3.8, 4) is 0 Å². The number of nitrogens with one attached hydrogen (secondary N) is 1. The van der Waals surface area contributed by atoms with Crippen molar-refractivity contribution in [3.05, 3.63) is 41.7 Å². The van der Waals surface area contributed by atoms with Gasteiger partial charge in [0, 0.05) is 26.3 Å². The molecule has 1 N–H and O–H groups in total. The van der Waals surface area contributed by atoms with Crippen LogP contribution in [-0.4, -0.2) is 28.7 Å². The van der Waals surface area contributed by atoms with Crippen molar-refractivity contribution in [2.45, 2.75) is 13.5 Å². The van der Waals surface area contributed by atoms with Gasteiger partial charge in [0.05, 0.1) is 11.9 Å². The molecule has 0 aliphatic rings. The monoisotopic (exact) mass is 287 g/mol. The number of nitrogens with zero attached hydrogens (tertiary/aromatic N) is 4. The summed E-state index contributed by atoms with van der Waals surface area (Å²) in [4.78, 5) is 7.41. The van der Waals surface area contributed by atoms with Crippen molar-refractivity contribution >= 4 is 27.1 Å². The number of rotatable bonds is 4. The number of benzene rings is 1. The molecule has 0 unspecified atom stereocenters. The number of anilines is 2. The van der Waals surface area contributed by atoms with Crippen molar-refractivity contribution < 1.29 is 0 Å². The first kappa shape index (κ1) is 12.9. The lowest BCUT2D eigenvalue weighted by atomic mass is 10.2. The Hall–Kier alpha value is -2.08. The summed E-state index contributed by atoms with van der Waals surface area (Å²) < 4.78 is 1.82. The third kappa shape index (κ3) is 2.60. The van der Waals surface area contributed by atoms with Gasteiger partial charge in [-0.25, -0.2) is 9.50 Å². The largest absolute Gasteiger partial charge is 0.378 e. The van der Waals surface area contributed by atoms with E-state index in [1.807, 2.05) is 31.7 Å². The Labute approximate surface area is 121 Å². The van der Waals surface area contributed by atoms with Crippen molar-refractivity contribution in [2.75, 3.05) is 24.3 Å². The highest BCUT2D eigenvalue weighted by molar-refractivity contribution is 7.20. The molecule has 3 aromatic rings. The van der Waals surface area contributed by atoms with Crippen molar-refractivity contribution in [1.29, 1.82) is 0 Å². The Kier molecular flexibility index (Phi) is 3.31. The van der Waals surface area contributed by atoms with Crippen LogP contribution in [-0.2, 0) is 6.54 Å². The molecule has 104 valence electrons. The van der Waals surface area contributed by atoms with Gasteiger partial charge < -0.3 is 10.2 Å². The normalized spacial score (nSPS) is 10.9. The lowest BCUT2D eigenvalue weighted by molar-refractivity contribution is 0.959. The standard InChI is InChI=1S/C14H17N5S/c1-10-9-19-14(16-10)20-13(17-19)15-8-11-4-6-12(7-5-11)18(2)3/h4-7,9H,8H2,1-3H3,(H,15,17). The second kappa shape index (κ2) is 5.13. The van der Waals surface area contributed by atoms with Gasteiger partial charge in [0.15, 0.2) is 0 Å². The molecule has 0 atom stereocenters. The summed E-state index contributed by atoms with van der Waals surface area (Å²) in [7, 11) is 4.08. The Morgan fingerprint density at radius 3 is 2.65 bits per heavy atom. The van der Waals surface area contributed by atoms with Gasteiger partial charge in [0.25, 0.3) is 0 Å². The van der Waals surface area contributed by atoms with Crippen molar-refractivity contribution in [2.24, 2.45) is 0 Å². The quantitative estimate of drug-likeness (QED) is 0.801. The molecule has 0 amide bonds. The van der Waals surface area contributed by atoms with Crippen LogP contribution in [0.4, 0.5) is 10.8 Å². The lowest BCUT2D eigenvalue weighted by Gasteiger charge is -2.12. The zero-order valence-electron chi connectivity index (χ0n) is 11.8. The molecule has 0 saturated carbocycles. The average molecular weight is 287 g/mol. The van der Waals surface area contributed by atoms with E-state index >= 15 is 0 Å². The summed E-state index contributed by atoms with van der Waals surface area (Å²) in [6.07, 6.45) is 1.93. The van der Waals surface area contributed by atoms with Crippen LogP contribution in [0.25, 0.3) is 4.96 Å². The van der Waals surface area contributed by atoms with Gasteiger partial charge in [0.1, 0.15) is 0 Å². The molecule has 0 radical (unpaired) electrons. The predicted octanol–water partition coefficient (Wildman–Crippen LogP) is 2.78. The highest BCUT2D eigenvalue weighted by Gasteiger charge is 2.05. The first-order chi connectivity index (χ1) is 9.61. The third-order valence-corrected chi connectivity index (χ3v) is 3.94. The Morgan fingerprint density at radius 2 is 2.00 bits per heavy atom. The van der Waals surface area contributed by atoms with E-state index in [9.17, 15) is 0 Å². The van der Waals surface area contributed by atoms with Crippen molar-refractivity contribution in [3.63, 3.8) is 0 Å². The third-order valence-electron chi connectivity index (χ3n) is 3.06. The van der Waals surface area contributed by atoms with Crippen LogP contribution in [0.1, 0.15) is 11.3 Å². The molecule has 0 spiro atoms. The molecule has 3 rings (SSSR count). The van der Waals surface area contributed by atoms with E-state index in [2.05, 4.69) is 44.6 Å². The summed E-state index contributed by atoms with van der Waals surface area (Å²) in [5.74, 6) is 0. The highest BCUT2D eigenvalue weighted by atomic mass is 32.1. The fourth-order valence-corrected chi connectivity index (χ4v) is 2.79. The molecule has 5 nitrogen and oxygen atoms in total. The molecule has 0 aliphatic carbocycles. The second-order valence-electron chi connectivity index (χ2n) is 4.93. The average Bonchev–Trinajstić information content (AvgIpc) is 2.93. The van der Waals surface area contributed by atoms with Crippen LogP contribution >= 0.6 is 11.3 Å². The molecule has 2 heterocycles. The van der Waals surface area contributed by atoms with Crippen molar-refractivity contribution in [1.82, 2.24) is 14.6 Å². The number of aromatic nitrogens is 3. The zero-order chi connectivity index (χ0) is 14.1. The summed E-state index contributed by atoms with van der Waals surface area (Å²) in [6.45, 7) is 2.74. The Morgan fingerprint density at radius 1 is 1.25 bits per heavy atom. The molecule has 6 heteroatoms. The van der Waals surface area contributed by atoms with Crippen LogP contribution in [0, 0.1) is 6.92 Å². The minimum Gasteiger partial charge on any atom is -0.378 e. The number of aryl methyl sites for hydroxylation is 1. The first-order valence-electron chi connectivity index (χ1n) is 6.45. The molecule has 0 bridgehead atoms. The number of hydrogen-bond donors (Lipinski definition) is 1. The minimum absolute atomic E-state index is 0.767. The summed E-state index contributed by atoms with van der Waals surface area (Å²) in [6, 6.07) is 8.50. The minimum atomic E-state index is 0.767. The van der Waals surface area contributed by atoms with Gasteiger partial charge in [-0.2, -0.15) is 0 Å². The highest BCUT2D eigenvalue weighted by Crippen LogP contribution is 2.20. The van der Waals surface area contributed by atoms with Crippen LogP contribution < -0.4 is 10.2 Å². The number of hydrogen-bond acceptors (Lipinski definition) is 5. The Bertz CT molecular complexity index is 679. The molecular weight excluding hydrogens is 270 g/mol. The van der Waals surface area contributed by atoms with Crippen LogP contribution in [0.5, 0.6) is 0 Å². The smallest absolute Gasteiger partial charge is 0.214 e. The lowest BCUT2D eigenvalue weighted by Crippen LogP contribution is -2.08. The van der Waals surface area contributed by atoms with Crippen LogP contribution in [0.3, 0.4) is 0 Å². The maximum absolute atomic E-state index is 4.45. The fourth-order valence-electron chi connectivity index (χ4n) is 1.97. The van der Waals surface area contributed by atoms with E-state index < -0.39 is 0 Å². The maximum atomic E-state index is 4.45. The molecular formula is C14H17N5S. The molecule has 20 heavy (non-hydrogen) atoms. The van der Waals surface area contributed by atoms with Gasteiger partial charge in [-0.1, -0.05) is 23.5 Å². The second-order valence-corrected chi connectivity index (χ2v) is 5.89. The molecule has 0 saturated heterocycles. The predicted molar refractivity (Wildman–Crippen MR) is 83.7 cm³/mol. The van der Waals surface area contributed by atoms with Gasteiger partial charge in [-0.3, -0.25) is 0 Å². The number of imidazole rings is 1. The Balaban J connectivity index is 1.67. The fraction of sp³-hybridized carbons (Fsp3) is 0.286. The first-order valence-corrected chi connectivity index (χ1v) is 7.26. The topological polar surface area (TPSA) is 45.5 Å². The van der Waals surface area contributed by atoms with Gasteiger partial charge in [-0.05, 0) is 24.6 Å². The SMILES string of the molecule is Cc1cn2nc(NCc3ccc(N(C)C)cc3)sc2n1. The zero-order valence-corrected chi connectivity index (χ0v) is 12.6. The summed E-state index contributed by atoms with van der Waals surface area (Å²) >= 11 is 1.57. The van der Waals surface area contributed by atoms with E-state index in [-0.39, 0.29) is 0 Å². The molecule has 1 aromatic carbocycles. The van der Waals surface area contributed by atoms with Crippen LogP contribution in [0.15, 0.2) is 30.5 Å². The molecule has 0 aliphatic heterocycles. The van der Waals surface area contributed by atoms with Gasteiger partial charge >= 0.3 is 0 Å². The molecule has 0 fully saturated rings. The van der Waals surface area contributed by atoms with Gasteiger partial charge in [0.2, 0.25) is 10.1 Å². The van der Waals surface area contributed by atoms with E-state index in [4.69, 9.17) is 0 Å². The van der Waals surface area contributed by atoms with E-state index in [1.54, 1.807) is 11.3 Å². The maximum Gasteiger partial charge on any atom is 0.214 e. The van der Waals surface area contributed by atoms with Gasteiger partial charge in [-0.15, -0.1) is 5.10 Å². The van der Waals surface area contributed by atoms with Crippen LogP contribution in [0.2, 0.25) is 0 Å². The number of fused-ring (bicyclic) bond motifs is 1. The summed E-state index contributed by atoms with van der Waals surface area (Å²) in [5, 5.41) is 8.68. The summed E-state index contributed by atoms with van der Waals surface area (Å²) in [5.41, 5.74) is 3.44.